The van der Waals surface area contributed by atoms with Crippen molar-refractivity contribution in [2.45, 2.75) is 30.4 Å². The molecule has 1 fully saturated rings. The van der Waals surface area contributed by atoms with Gasteiger partial charge in [-0.1, -0.05) is 0 Å². The Morgan fingerprint density at radius 1 is 1.73 bits per heavy atom. The standard InChI is InChI=1S/C5H10O.C3H5.BrH.Mg/c1-5-3-2-4-6-5;1-3-2;;/h5H,2-4H2,1H3;3H,1-2H2;1H;/q;;;+1/p-1. The van der Waals surface area contributed by atoms with Crippen LogP contribution in [-0.2, 0) is 4.74 Å². The van der Waals surface area contributed by atoms with Crippen molar-refractivity contribution in [3.63, 3.8) is 0 Å². The predicted octanol–water partition coefficient (Wildman–Crippen LogP) is -1.05. The van der Waals surface area contributed by atoms with E-state index >= 15 is 0 Å². The monoisotopic (exact) mass is 230 g/mol. The van der Waals surface area contributed by atoms with Gasteiger partial charge in [0, 0.05) is 6.61 Å². The zero-order valence-electron chi connectivity index (χ0n) is 7.18. The second-order valence-corrected chi connectivity index (χ2v) is 2.98. The minimum atomic E-state index is 0. The molecule has 1 atom stereocenters. The van der Waals surface area contributed by atoms with Crippen LogP contribution in [0.15, 0.2) is 12.7 Å². The molecule has 0 bridgehead atoms. The van der Waals surface area contributed by atoms with Gasteiger partial charge in [0.15, 0.2) is 0 Å². The van der Waals surface area contributed by atoms with Gasteiger partial charge < -0.3 is 21.7 Å². The summed E-state index contributed by atoms with van der Waals surface area (Å²) in [7, 11) is 0. The molecule has 11 heavy (non-hydrogen) atoms. The third-order valence-corrected chi connectivity index (χ3v) is 1.77. The first-order chi connectivity index (χ1) is 4.81. The van der Waals surface area contributed by atoms with Gasteiger partial charge in [0.05, 0.1) is 6.10 Å². The van der Waals surface area contributed by atoms with Crippen molar-refractivity contribution >= 4 is 21.7 Å². The molecule has 0 aromatic rings. The molecule has 1 rings (SSSR count). The summed E-state index contributed by atoms with van der Waals surface area (Å²) in [6, 6.07) is 0. The van der Waals surface area contributed by atoms with Crippen LogP contribution in [0, 0.1) is 0 Å². The van der Waals surface area contributed by atoms with Gasteiger partial charge in [0.25, 0.3) is 0 Å². The first kappa shape index (κ1) is 14.5. The van der Waals surface area contributed by atoms with Crippen molar-refractivity contribution < 1.29 is 21.7 Å². The van der Waals surface area contributed by atoms with Crippen LogP contribution in [0.25, 0.3) is 0 Å². The van der Waals surface area contributed by atoms with E-state index in [9.17, 15) is 0 Å². The second-order valence-electron chi connectivity index (χ2n) is 2.40. The minimum Gasteiger partial charge on any atom is -1.00 e. The van der Waals surface area contributed by atoms with Crippen LogP contribution < -0.4 is 17.0 Å². The summed E-state index contributed by atoms with van der Waals surface area (Å²) in [5, 5.41) is 0. The first-order valence-corrected chi connectivity index (χ1v) is 4.83. The zero-order chi connectivity index (χ0) is 7.82. The van der Waals surface area contributed by atoms with Crippen LogP contribution in [0.5, 0.6) is 0 Å². The average Bonchev–Trinajstić information content (AvgIpc) is 2.40. The van der Waals surface area contributed by atoms with E-state index in [2.05, 4.69) is 13.5 Å². The van der Waals surface area contributed by atoms with Gasteiger partial charge in [-0.05, 0) is 19.8 Å². The van der Waals surface area contributed by atoms with Crippen LogP contribution in [0.4, 0.5) is 0 Å². The normalized spacial score (nSPS) is 21.2. The number of hydrogen-bond acceptors (Lipinski definition) is 1. The van der Waals surface area contributed by atoms with Crippen LogP contribution in [0.2, 0.25) is 4.55 Å². The smallest absolute Gasteiger partial charge is 0.0547 e. The van der Waals surface area contributed by atoms with E-state index in [4.69, 9.17) is 4.74 Å². The molecule has 0 saturated carbocycles. The molecular weight excluding hydrogens is 216 g/mol. The molecule has 0 aliphatic carbocycles. The van der Waals surface area contributed by atoms with Gasteiger partial charge in [-0.2, -0.15) is 0 Å². The SMILES string of the molecule is C=C[CH2][Mg+].CC1CCCO1.[Br-]. The Morgan fingerprint density at radius 3 is 2.36 bits per heavy atom. The van der Waals surface area contributed by atoms with Gasteiger partial charge in [-0.15, -0.1) is 0 Å². The fourth-order valence-corrected chi connectivity index (χ4v) is 0.739. The van der Waals surface area contributed by atoms with Crippen molar-refractivity contribution in [3.8, 4) is 0 Å². The number of rotatable bonds is 1. The Balaban J connectivity index is 0. The van der Waals surface area contributed by atoms with Crippen LogP contribution >= 0.6 is 0 Å². The van der Waals surface area contributed by atoms with Crippen molar-refractivity contribution in [2.75, 3.05) is 6.61 Å². The quantitative estimate of drug-likeness (QED) is 0.413. The largest absolute Gasteiger partial charge is 1.00 e. The van der Waals surface area contributed by atoms with Crippen molar-refractivity contribution in [1.82, 2.24) is 0 Å². The number of halogens is 1. The maximum atomic E-state index is 5.15. The number of ether oxygens (including phenoxy) is 1. The second kappa shape index (κ2) is 10.9. The molecule has 0 aromatic heterocycles. The third kappa shape index (κ3) is 10.9. The summed E-state index contributed by atoms with van der Waals surface area (Å²) in [4.78, 5) is 0. The Morgan fingerprint density at radius 2 is 2.27 bits per heavy atom. The van der Waals surface area contributed by atoms with Gasteiger partial charge in [-0.25, -0.2) is 0 Å². The van der Waals surface area contributed by atoms with E-state index < -0.39 is 0 Å². The Bertz CT molecular complexity index is 82.2. The van der Waals surface area contributed by atoms with Crippen molar-refractivity contribution in [3.05, 3.63) is 12.7 Å². The molecule has 1 heterocycles. The van der Waals surface area contributed by atoms with Crippen molar-refractivity contribution in [1.29, 1.82) is 0 Å². The van der Waals surface area contributed by atoms with E-state index in [1.54, 1.807) is 0 Å². The Kier molecular flexibility index (Phi) is 14.4. The fraction of sp³-hybridized carbons (Fsp3) is 0.750. The molecule has 1 aliphatic heterocycles. The maximum Gasteiger partial charge on any atom is 0.0547 e. The van der Waals surface area contributed by atoms with Crippen LogP contribution in [0.3, 0.4) is 0 Å². The van der Waals surface area contributed by atoms with E-state index in [-0.39, 0.29) is 17.0 Å². The summed E-state index contributed by atoms with van der Waals surface area (Å²) < 4.78 is 6.26. The van der Waals surface area contributed by atoms with Gasteiger partial charge in [0.1, 0.15) is 0 Å². The molecular formula is C8H15BrMgO. The topological polar surface area (TPSA) is 9.23 Å². The first-order valence-electron chi connectivity index (χ1n) is 3.83. The maximum absolute atomic E-state index is 5.15. The summed E-state index contributed by atoms with van der Waals surface area (Å²) in [5.74, 6) is 0. The molecule has 1 saturated heterocycles. The molecule has 0 aromatic carbocycles. The van der Waals surface area contributed by atoms with Gasteiger partial charge >= 0.3 is 38.9 Å². The Hall–Kier alpha value is 0.946. The fourth-order valence-electron chi connectivity index (χ4n) is 0.739. The number of hydrogen-bond donors (Lipinski definition) is 0. The van der Waals surface area contributed by atoms with Crippen molar-refractivity contribution in [2.24, 2.45) is 0 Å². The molecule has 1 nitrogen and oxygen atoms in total. The van der Waals surface area contributed by atoms with Gasteiger partial charge in [-0.3, -0.25) is 0 Å². The van der Waals surface area contributed by atoms with E-state index in [1.165, 1.54) is 12.8 Å². The summed E-state index contributed by atoms with van der Waals surface area (Å²) in [6.45, 7) is 6.59. The third-order valence-electron chi connectivity index (χ3n) is 1.36. The van der Waals surface area contributed by atoms with Gasteiger partial charge in [0.2, 0.25) is 0 Å². The minimum absolute atomic E-state index is 0. The molecule has 0 spiro atoms. The summed E-state index contributed by atoms with van der Waals surface area (Å²) in [5.41, 5.74) is 0. The van der Waals surface area contributed by atoms with E-state index in [0.29, 0.717) is 6.10 Å². The summed E-state index contributed by atoms with van der Waals surface area (Å²) >= 11 is 1.90. The van der Waals surface area contributed by atoms with Crippen LogP contribution in [-0.4, -0.2) is 34.4 Å². The zero-order valence-corrected chi connectivity index (χ0v) is 10.2. The molecule has 0 N–H and O–H groups in total. The molecule has 3 heteroatoms. The number of allylic oxidation sites excluding steroid dienone is 1. The van der Waals surface area contributed by atoms with Crippen LogP contribution in [0.1, 0.15) is 19.8 Å². The average molecular weight is 231 g/mol. The molecule has 1 unspecified atom stereocenters. The molecule has 1 aliphatic rings. The molecule has 0 amide bonds. The van der Waals surface area contributed by atoms with E-state index in [1.807, 2.05) is 27.8 Å². The predicted molar refractivity (Wildman–Crippen MR) is 45.4 cm³/mol. The molecule has 0 radical (unpaired) electrons. The summed E-state index contributed by atoms with van der Waals surface area (Å²) in [6.07, 6.45) is 4.96. The molecule has 62 valence electrons. The Labute approximate surface area is 92.8 Å². The van der Waals surface area contributed by atoms with E-state index in [0.717, 1.165) is 11.2 Å².